The number of hydrogen-bond donors (Lipinski definition) is 1. The zero-order valence-electron chi connectivity index (χ0n) is 11.5. The van der Waals surface area contributed by atoms with E-state index in [4.69, 9.17) is 16.0 Å². The fraction of sp³-hybridized carbons (Fsp3) is 0.200. The Bertz CT molecular complexity index is 851. The molecule has 5 nitrogen and oxygen atoms in total. The van der Waals surface area contributed by atoms with Crippen LogP contribution in [0.1, 0.15) is 5.56 Å². The van der Waals surface area contributed by atoms with Gasteiger partial charge in [0, 0.05) is 17.6 Å². The summed E-state index contributed by atoms with van der Waals surface area (Å²) in [5, 5.41) is 7.33. The summed E-state index contributed by atoms with van der Waals surface area (Å²) in [5.41, 5.74) is 2.12. The fourth-order valence-electron chi connectivity index (χ4n) is 2.17. The molecule has 1 N–H and O–H groups in total. The van der Waals surface area contributed by atoms with Gasteiger partial charge < -0.3 is 9.73 Å². The van der Waals surface area contributed by atoms with E-state index in [0.717, 1.165) is 6.42 Å². The quantitative estimate of drug-likeness (QED) is 0.779. The molecule has 2 aromatic heterocycles. The Balaban J connectivity index is 1.66. The molecule has 0 saturated carbocycles. The molecule has 3 aromatic rings. The third-order valence-electron chi connectivity index (χ3n) is 3.25. The number of aromatic nitrogens is 1. The van der Waals surface area contributed by atoms with Gasteiger partial charge in [0.2, 0.25) is 5.91 Å². The van der Waals surface area contributed by atoms with E-state index in [1.807, 2.05) is 16.8 Å². The maximum absolute atomic E-state index is 12.0. The van der Waals surface area contributed by atoms with Crippen LogP contribution in [0.3, 0.4) is 0 Å². The Morgan fingerprint density at radius 2 is 2.23 bits per heavy atom. The van der Waals surface area contributed by atoms with Gasteiger partial charge in [-0.3, -0.25) is 9.36 Å². The number of rotatable bonds is 5. The van der Waals surface area contributed by atoms with Crippen LogP contribution >= 0.6 is 22.9 Å². The van der Waals surface area contributed by atoms with Crippen molar-refractivity contribution in [1.82, 2.24) is 9.88 Å². The Morgan fingerprint density at radius 3 is 3.00 bits per heavy atom. The number of nitrogens with zero attached hydrogens (tertiary/aromatic N) is 1. The molecule has 1 aromatic carbocycles. The van der Waals surface area contributed by atoms with Crippen molar-refractivity contribution in [3.8, 4) is 0 Å². The summed E-state index contributed by atoms with van der Waals surface area (Å²) in [5.74, 6) is -0.791. The largest absolute Gasteiger partial charge is 0.420 e. The van der Waals surface area contributed by atoms with Crippen LogP contribution in [0.2, 0.25) is 5.02 Å². The number of nitrogens with one attached hydrogen (secondary N) is 1. The highest BCUT2D eigenvalue weighted by molar-refractivity contribution is 7.07. The molecule has 7 heteroatoms. The molecule has 0 spiro atoms. The molecule has 0 bridgehead atoms. The molecule has 0 aliphatic rings. The van der Waals surface area contributed by atoms with Crippen LogP contribution < -0.4 is 11.1 Å². The number of oxazole rings is 1. The number of halogens is 1. The lowest BCUT2D eigenvalue weighted by atomic mass is 10.2. The Labute approximate surface area is 135 Å². The number of amides is 1. The van der Waals surface area contributed by atoms with Crippen molar-refractivity contribution >= 4 is 39.9 Å². The Kier molecular flexibility index (Phi) is 4.31. The van der Waals surface area contributed by atoms with E-state index in [2.05, 4.69) is 5.32 Å². The normalized spacial score (nSPS) is 11.0. The molecule has 0 aliphatic heterocycles. The fourth-order valence-corrected chi connectivity index (χ4v) is 3.04. The third-order valence-corrected chi connectivity index (χ3v) is 4.22. The molecule has 114 valence electrons. The van der Waals surface area contributed by atoms with Gasteiger partial charge in [-0.15, -0.1) is 0 Å². The highest BCUT2D eigenvalue weighted by Crippen LogP contribution is 2.18. The maximum Gasteiger partial charge on any atom is 0.420 e. The monoisotopic (exact) mass is 336 g/mol. The minimum atomic E-state index is -0.565. The van der Waals surface area contributed by atoms with Crippen LogP contribution in [-0.2, 0) is 17.8 Å². The first-order valence-corrected chi connectivity index (χ1v) is 8.02. The van der Waals surface area contributed by atoms with Gasteiger partial charge in [-0.05, 0) is 40.9 Å². The van der Waals surface area contributed by atoms with Gasteiger partial charge in [-0.1, -0.05) is 11.6 Å². The number of hydrogen-bond acceptors (Lipinski definition) is 4. The van der Waals surface area contributed by atoms with Gasteiger partial charge in [-0.25, -0.2) is 4.79 Å². The summed E-state index contributed by atoms with van der Waals surface area (Å²) in [7, 11) is 0. The van der Waals surface area contributed by atoms with Gasteiger partial charge >= 0.3 is 5.76 Å². The second-order valence-electron chi connectivity index (χ2n) is 4.80. The first-order valence-electron chi connectivity index (χ1n) is 6.70. The molecule has 0 aliphatic carbocycles. The molecule has 1 amide bonds. The Hall–Kier alpha value is -2.05. The van der Waals surface area contributed by atoms with Gasteiger partial charge in [0.1, 0.15) is 6.54 Å². The summed E-state index contributed by atoms with van der Waals surface area (Å²) in [6.45, 7) is 0.461. The summed E-state index contributed by atoms with van der Waals surface area (Å²) in [4.78, 5) is 23.8. The van der Waals surface area contributed by atoms with Crippen LogP contribution in [0, 0.1) is 0 Å². The zero-order chi connectivity index (χ0) is 15.5. The third kappa shape index (κ3) is 3.23. The molecule has 0 radical (unpaired) electrons. The van der Waals surface area contributed by atoms with Crippen molar-refractivity contribution in [3.05, 3.63) is 56.2 Å². The predicted octanol–water partition coefficient (Wildman–Crippen LogP) is 2.67. The number of carbonyl (C=O) groups excluding carboxylic acids is 1. The summed E-state index contributed by atoms with van der Waals surface area (Å²) in [6.07, 6.45) is 0.770. The molecule has 3 rings (SSSR count). The molecular weight excluding hydrogens is 324 g/mol. The number of benzene rings is 1. The first-order chi connectivity index (χ1) is 10.6. The van der Waals surface area contributed by atoms with E-state index >= 15 is 0 Å². The van der Waals surface area contributed by atoms with E-state index < -0.39 is 5.76 Å². The standard InChI is InChI=1S/C15H13ClN2O3S/c16-11-1-2-12-13(7-11)21-15(20)18(12)8-14(19)17-5-3-10-4-6-22-9-10/h1-2,4,6-7,9H,3,5,8H2,(H,17,19). The smallest absolute Gasteiger partial charge is 0.408 e. The topological polar surface area (TPSA) is 64.2 Å². The van der Waals surface area contributed by atoms with E-state index in [1.54, 1.807) is 29.5 Å². The highest BCUT2D eigenvalue weighted by atomic mass is 35.5. The molecule has 0 fully saturated rings. The Morgan fingerprint density at radius 1 is 1.36 bits per heavy atom. The second kappa shape index (κ2) is 6.37. The highest BCUT2D eigenvalue weighted by Gasteiger charge is 2.12. The zero-order valence-corrected chi connectivity index (χ0v) is 13.1. The van der Waals surface area contributed by atoms with Crippen LogP contribution in [-0.4, -0.2) is 17.0 Å². The summed E-state index contributed by atoms with van der Waals surface area (Å²) in [6, 6.07) is 6.91. The average molecular weight is 337 g/mol. The second-order valence-corrected chi connectivity index (χ2v) is 6.01. The van der Waals surface area contributed by atoms with Gasteiger partial charge in [-0.2, -0.15) is 11.3 Å². The average Bonchev–Trinajstić information content (AvgIpc) is 3.08. The maximum atomic E-state index is 12.0. The van der Waals surface area contributed by atoms with Crippen molar-refractivity contribution in [3.63, 3.8) is 0 Å². The van der Waals surface area contributed by atoms with Crippen LogP contribution in [0.15, 0.2) is 44.2 Å². The van der Waals surface area contributed by atoms with E-state index in [-0.39, 0.29) is 12.5 Å². The molecule has 22 heavy (non-hydrogen) atoms. The van der Waals surface area contributed by atoms with Crippen LogP contribution in [0.5, 0.6) is 0 Å². The summed E-state index contributed by atoms with van der Waals surface area (Å²) >= 11 is 7.48. The molecule has 0 saturated heterocycles. The molecule has 0 atom stereocenters. The van der Waals surface area contributed by atoms with Crippen molar-refractivity contribution in [2.24, 2.45) is 0 Å². The number of carbonyl (C=O) groups is 1. The minimum Gasteiger partial charge on any atom is -0.408 e. The molecule has 2 heterocycles. The van der Waals surface area contributed by atoms with Gasteiger partial charge in [0.15, 0.2) is 5.58 Å². The lowest BCUT2D eigenvalue weighted by molar-refractivity contribution is -0.121. The van der Waals surface area contributed by atoms with Crippen molar-refractivity contribution < 1.29 is 9.21 Å². The SMILES string of the molecule is O=C(Cn1c(=O)oc2cc(Cl)ccc21)NCCc1ccsc1. The van der Waals surface area contributed by atoms with Crippen LogP contribution in [0.4, 0.5) is 0 Å². The van der Waals surface area contributed by atoms with Gasteiger partial charge in [0.05, 0.1) is 5.52 Å². The van der Waals surface area contributed by atoms with Gasteiger partial charge in [0.25, 0.3) is 0 Å². The van der Waals surface area contributed by atoms with Crippen molar-refractivity contribution in [2.75, 3.05) is 6.54 Å². The first kappa shape index (κ1) is 14.9. The number of thiophene rings is 1. The van der Waals surface area contributed by atoms with E-state index in [1.165, 1.54) is 10.1 Å². The predicted molar refractivity (Wildman–Crippen MR) is 86.5 cm³/mol. The lowest BCUT2D eigenvalue weighted by Crippen LogP contribution is -2.32. The van der Waals surface area contributed by atoms with E-state index in [0.29, 0.717) is 22.7 Å². The van der Waals surface area contributed by atoms with Crippen LogP contribution in [0.25, 0.3) is 11.1 Å². The lowest BCUT2D eigenvalue weighted by Gasteiger charge is -2.05. The van der Waals surface area contributed by atoms with Crippen molar-refractivity contribution in [2.45, 2.75) is 13.0 Å². The number of fused-ring (bicyclic) bond motifs is 1. The van der Waals surface area contributed by atoms with E-state index in [9.17, 15) is 9.59 Å². The van der Waals surface area contributed by atoms with Crippen molar-refractivity contribution in [1.29, 1.82) is 0 Å². The summed E-state index contributed by atoms with van der Waals surface area (Å²) < 4.78 is 6.39. The molecular formula is C15H13ClN2O3S. The molecule has 0 unspecified atom stereocenters. The minimum absolute atomic E-state index is 0.0723.